The van der Waals surface area contributed by atoms with Crippen molar-refractivity contribution in [2.24, 2.45) is 0 Å². The Hall–Kier alpha value is -2.80. The minimum Gasteiger partial charge on any atom is -0.302 e. The number of urea groups is 1. The lowest BCUT2D eigenvalue weighted by atomic mass is 10.1. The zero-order chi connectivity index (χ0) is 18.2. The summed E-state index contributed by atoms with van der Waals surface area (Å²) < 4.78 is 38.3. The Balaban J connectivity index is 1.93. The first-order valence-corrected chi connectivity index (χ1v) is 7.43. The normalized spacial score (nSPS) is 16.5. The van der Waals surface area contributed by atoms with Crippen LogP contribution in [0.1, 0.15) is 11.1 Å². The van der Waals surface area contributed by atoms with Gasteiger partial charge in [-0.25, -0.2) is 9.69 Å². The predicted octanol–water partition coefficient (Wildman–Crippen LogP) is 4.46. The molecule has 0 atom stereocenters. The first-order chi connectivity index (χ1) is 11.8. The van der Waals surface area contributed by atoms with Gasteiger partial charge in [-0.3, -0.25) is 4.79 Å². The number of nitrogens with zero attached hydrogens (tertiary/aromatic N) is 1. The van der Waals surface area contributed by atoms with Gasteiger partial charge in [-0.15, -0.1) is 0 Å². The number of hydrogen-bond donors (Lipinski definition) is 1. The molecule has 1 N–H and O–H groups in total. The smallest absolute Gasteiger partial charge is 0.302 e. The topological polar surface area (TPSA) is 49.4 Å². The second-order valence-electron chi connectivity index (χ2n) is 5.23. The third kappa shape index (κ3) is 3.51. The molecule has 0 aromatic heterocycles. The largest absolute Gasteiger partial charge is 0.416 e. The molecule has 25 heavy (non-hydrogen) atoms. The van der Waals surface area contributed by atoms with E-state index in [0.29, 0.717) is 5.02 Å². The third-order valence-corrected chi connectivity index (χ3v) is 3.70. The quantitative estimate of drug-likeness (QED) is 0.630. The van der Waals surface area contributed by atoms with Crippen molar-refractivity contribution in [3.63, 3.8) is 0 Å². The van der Waals surface area contributed by atoms with Crippen molar-refractivity contribution in [2.75, 3.05) is 4.90 Å². The summed E-state index contributed by atoms with van der Waals surface area (Å²) in [5, 5.41) is 2.69. The predicted molar refractivity (Wildman–Crippen MR) is 86.9 cm³/mol. The Labute approximate surface area is 145 Å². The molecule has 0 aliphatic carbocycles. The molecule has 2 aromatic carbocycles. The van der Waals surface area contributed by atoms with Crippen LogP contribution in [0.5, 0.6) is 0 Å². The number of rotatable bonds is 2. The number of hydrogen-bond acceptors (Lipinski definition) is 2. The molecule has 0 bridgehead atoms. The molecule has 0 unspecified atom stereocenters. The van der Waals surface area contributed by atoms with Gasteiger partial charge in [0, 0.05) is 5.02 Å². The lowest BCUT2D eigenvalue weighted by Gasteiger charge is -2.11. The van der Waals surface area contributed by atoms with Crippen LogP contribution in [0.3, 0.4) is 0 Å². The van der Waals surface area contributed by atoms with Crippen LogP contribution in [-0.4, -0.2) is 11.9 Å². The summed E-state index contributed by atoms with van der Waals surface area (Å²) in [7, 11) is 0. The molecule has 0 spiro atoms. The number of nitrogens with one attached hydrogen (secondary N) is 1. The van der Waals surface area contributed by atoms with Crippen molar-refractivity contribution in [2.45, 2.75) is 6.18 Å². The summed E-state index contributed by atoms with van der Waals surface area (Å²) >= 11 is 5.85. The minimum atomic E-state index is -4.50. The second kappa shape index (κ2) is 6.25. The van der Waals surface area contributed by atoms with Crippen LogP contribution in [0.2, 0.25) is 5.02 Å². The molecular weight excluding hydrogens is 357 g/mol. The van der Waals surface area contributed by atoms with Crippen molar-refractivity contribution < 1.29 is 22.8 Å². The first-order valence-electron chi connectivity index (χ1n) is 7.06. The molecule has 8 heteroatoms. The van der Waals surface area contributed by atoms with E-state index in [1.165, 1.54) is 30.3 Å². The molecule has 3 amide bonds. The lowest BCUT2D eigenvalue weighted by molar-refractivity contribution is -0.137. The molecule has 4 nitrogen and oxygen atoms in total. The number of anilines is 1. The van der Waals surface area contributed by atoms with E-state index in [2.05, 4.69) is 5.32 Å². The Morgan fingerprint density at radius 1 is 1.04 bits per heavy atom. The zero-order valence-corrected chi connectivity index (χ0v) is 13.2. The Kier molecular flexibility index (Phi) is 4.26. The van der Waals surface area contributed by atoms with E-state index in [-0.39, 0.29) is 16.9 Å². The highest BCUT2D eigenvalue weighted by Crippen LogP contribution is 2.30. The molecule has 1 aliphatic rings. The van der Waals surface area contributed by atoms with Crippen LogP contribution in [0.4, 0.5) is 23.7 Å². The van der Waals surface area contributed by atoms with Gasteiger partial charge < -0.3 is 5.32 Å². The molecule has 1 fully saturated rings. The van der Waals surface area contributed by atoms with Crippen LogP contribution in [0.25, 0.3) is 6.08 Å². The third-order valence-electron chi connectivity index (χ3n) is 3.47. The van der Waals surface area contributed by atoms with E-state index >= 15 is 0 Å². The van der Waals surface area contributed by atoms with Crippen molar-refractivity contribution in [3.05, 3.63) is 70.4 Å². The first kappa shape index (κ1) is 17.0. The van der Waals surface area contributed by atoms with Crippen molar-refractivity contribution in [1.29, 1.82) is 0 Å². The maximum atomic E-state index is 12.8. The lowest BCUT2D eigenvalue weighted by Crippen LogP contribution is -2.30. The number of carbonyl (C=O) groups is 2. The zero-order valence-electron chi connectivity index (χ0n) is 12.5. The van der Waals surface area contributed by atoms with Crippen molar-refractivity contribution in [1.82, 2.24) is 5.32 Å². The number of benzene rings is 2. The highest BCUT2D eigenvalue weighted by atomic mass is 35.5. The molecule has 2 aromatic rings. The van der Waals surface area contributed by atoms with E-state index in [0.717, 1.165) is 17.0 Å². The Morgan fingerprint density at radius 2 is 1.76 bits per heavy atom. The molecule has 3 rings (SSSR count). The molecule has 0 radical (unpaired) electrons. The second-order valence-corrected chi connectivity index (χ2v) is 5.67. The summed E-state index contributed by atoms with van der Waals surface area (Å²) in [4.78, 5) is 25.3. The fourth-order valence-corrected chi connectivity index (χ4v) is 2.54. The van der Waals surface area contributed by atoms with E-state index in [9.17, 15) is 22.8 Å². The molecule has 1 saturated heterocycles. The number of imide groups is 1. The summed E-state index contributed by atoms with van der Waals surface area (Å²) in [6.07, 6.45) is -3.30. The maximum Gasteiger partial charge on any atom is 0.416 e. The van der Waals surface area contributed by atoms with Gasteiger partial charge in [-0.1, -0.05) is 29.8 Å². The van der Waals surface area contributed by atoms with Crippen molar-refractivity contribution >= 4 is 35.3 Å². The highest BCUT2D eigenvalue weighted by Gasteiger charge is 2.35. The van der Waals surface area contributed by atoms with Gasteiger partial charge in [-0.05, 0) is 42.0 Å². The monoisotopic (exact) mass is 366 g/mol. The summed E-state index contributed by atoms with van der Waals surface area (Å²) in [5.41, 5.74) is -0.552. The average Bonchev–Trinajstić information content (AvgIpc) is 2.81. The number of amides is 3. The minimum absolute atomic E-state index is 0.121. The number of carbonyl (C=O) groups excluding carboxylic acids is 2. The average molecular weight is 367 g/mol. The number of halogens is 4. The van der Waals surface area contributed by atoms with E-state index in [1.54, 1.807) is 12.1 Å². The molecular formula is C17H10ClF3N2O2. The van der Waals surface area contributed by atoms with Gasteiger partial charge in [0.1, 0.15) is 5.70 Å². The molecule has 0 saturated carbocycles. The van der Waals surface area contributed by atoms with Gasteiger partial charge in [0.05, 0.1) is 11.3 Å². The maximum absolute atomic E-state index is 12.8. The van der Waals surface area contributed by atoms with Gasteiger partial charge in [0.15, 0.2) is 0 Å². The number of alkyl halides is 3. The van der Waals surface area contributed by atoms with Crippen LogP contribution in [-0.2, 0) is 11.0 Å². The molecule has 1 heterocycles. The van der Waals surface area contributed by atoms with E-state index in [1.807, 2.05) is 0 Å². The van der Waals surface area contributed by atoms with Gasteiger partial charge in [0.25, 0.3) is 5.91 Å². The van der Waals surface area contributed by atoms with Crippen LogP contribution in [0, 0.1) is 0 Å². The van der Waals surface area contributed by atoms with Crippen molar-refractivity contribution in [3.8, 4) is 0 Å². The summed E-state index contributed by atoms with van der Waals surface area (Å²) in [6.45, 7) is 0. The van der Waals surface area contributed by atoms with Crippen LogP contribution >= 0.6 is 11.6 Å². The Morgan fingerprint density at radius 3 is 2.44 bits per heavy atom. The van der Waals surface area contributed by atoms with E-state index < -0.39 is 23.7 Å². The molecule has 1 aliphatic heterocycles. The standard InChI is InChI=1S/C17H10ClF3N2O2/c18-12-5-2-6-13(9-12)23-15(24)14(22-16(23)25)8-10-3-1-4-11(7-10)17(19,20)21/h1-9H,(H,22,25). The Bertz CT molecular complexity index is 893. The van der Waals surface area contributed by atoms with E-state index in [4.69, 9.17) is 11.6 Å². The fourth-order valence-electron chi connectivity index (χ4n) is 2.36. The summed E-state index contributed by atoms with van der Waals surface area (Å²) in [5.74, 6) is -0.676. The highest BCUT2D eigenvalue weighted by molar-refractivity contribution is 6.32. The van der Waals surface area contributed by atoms with Gasteiger partial charge >= 0.3 is 12.2 Å². The molecule has 128 valence electrons. The SMILES string of the molecule is O=C1NC(=Cc2cccc(C(F)(F)F)c2)C(=O)N1c1cccc(Cl)c1. The van der Waals surface area contributed by atoms with Gasteiger partial charge in [-0.2, -0.15) is 13.2 Å². The van der Waals surface area contributed by atoms with Crippen LogP contribution in [0.15, 0.2) is 54.2 Å². The fraction of sp³-hybridized carbons (Fsp3) is 0.0588. The van der Waals surface area contributed by atoms with Gasteiger partial charge in [0.2, 0.25) is 0 Å². The summed E-state index contributed by atoms with van der Waals surface area (Å²) in [6, 6.07) is 9.88. The van der Waals surface area contributed by atoms with Crippen LogP contribution < -0.4 is 10.2 Å².